The number of anilines is 2. The molecule has 7 nitrogen and oxygen atoms in total. The van der Waals surface area contributed by atoms with Crippen LogP contribution < -0.4 is 10.6 Å². The van der Waals surface area contributed by atoms with Crippen LogP contribution in [0.3, 0.4) is 0 Å². The largest absolute Gasteiger partial charge is 0.467 e. The minimum atomic E-state index is -0.463. The summed E-state index contributed by atoms with van der Waals surface area (Å²) in [6.07, 6.45) is 7.02. The van der Waals surface area contributed by atoms with Crippen LogP contribution in [0.15, 0.2) is 89.9 Å². The maximum atomic E-state index is 11.6. The molecule has 7 heteroatoms. The number of fused-ring (bicyclic) bond motifs is 1. The van der Waals surface area contributed by atoms with Crippen LogP contribution in [0.1, 0.15) is 21.7 Å². The molecule has 5 rings (SSSR count). The lowest BCUT2D eigenvalue weighted by Gasteiger charge is -2.25. The first-order valence-electron chi connectivity index (χ1n) is 10.2. The first kappa shape index (κ1) is 19.6. The average Bonchev–Trinajstić information content (AvgIpc) is 3.46. The second-order valence-electron chi connectivity index (χ2n) is 7.53. The molecule has 32 heavy (non-hydrogen) atoms. The molecule has 0 aliphatic rings. The molecule has 0 saturated carbocycles. The number of nitrogens with two attached hydrogens (primary N) is 1. The molecule has 2 N–H and O–H groups in total. The summed E-state index contributed by atoms with van der Waals surface area (Å²) in [4.78, 5) is 22.8. The Morgan fingerprint density at radius 1 is 1.09 bits per heavy atom. The Morgan fingerprint density at radius 3 is 2.56 bits per heavy atom. The maximum absolute atomic E-state index is 11.6. The van der Waals surface area contributed by atoms with Crippen LogP contribution in [0.5, 0.6) is 0 Å². The summed E-state index contributed by atoms with van der Waals surface area (Å²) in [5.41, 5.74) is 10.5. The summed E-state index contributed by atoms with van der Waals surface area (Å²) in [5.74, 6) is 1.20. The Balaban J connectivity index is 1.73. The van der Waals surface area contributed by atoms with Crippen molar-refractivity contribution in [1.82, 2.24) is 14.4 Å². The monoisotopic (exact) mass is 423 g/mol. The fraction of sp³-hybridized carbons (Fsp3) is 0.0800. The Bertz CT molecular complexity index is 1370. The Labute approximate surface area is 184 Å². The highest BCUT2D eigenvalue weighted by atomic mass is 16.3. The molecule has 0 atom stereocenters. The van der Waals surface area contributed by atoms with Gasteiger partial charge in [-0.15, -0.1) is 0 Å². The van der Waals surface area contributed by atoms with Crippen molar-refractivity contribution in [2.45, 2.75) is 13.5 Å². The van der Waals surface area contributed by atoms with Crippen molar-refractivity contribution in [3.05, 3.63) is 102 Å². The summed E-state index contributed by atoms with van der Waals surface area (Å²) in [7, 11) is 0. The molecule has 5 aromatic rings. The number of nitrogens with zero attached hydrogens (tertiary/aromatic N) is 4. The van der Waals surface area contributed by atoms with Gasteiger partial charge in [0.25, 0.3) is 0 Å². The van der Waals surface area contributed by atoms with Crippen molar-refractivity contribution < 1.29 is 9.21 Å². The molecule has 158 valence electrons. The number of imidazole rings is 1. The van der Waals surface area contributed by atoms with Gasteiger partial charge in [0, 0.05) is 29.2 Å². The van der Waals surface area contributed by atoms with Crippen molar-refractivity contribution in [3.63, 3.8) is 0 Å². The molecule has 0 fully saturated rings. The summed E-state index contributed by atoms with van der Waals surface area (Å²) in [6.45, 7) is 2.53. The van der Waals surface area contributed by atoms with E-state index in [-0.39, 0.29) is 0 Å². The fourth-order valence-corrected chi connectivity index (χ4v) is 3.71. The van der Waals surface area contributed by atoms with Crippen molar-refractivity contribution in [2.75, 3.05) is 4.90 Å². The van der Waals surface area contributed by atoms with Crippen molar-refractivity contribution in [2.24, 2.45) is 5.73 Å². The van der Waals surface area contributed by atoms with Gasteiger partial charge in [-0.25, -0.2) is 4.98 Å². The van der Waals surface area contributed by atoms with E-state index in [4.69, 9.17) is 15.1 Å². The van der Waals surface area contributed by atoms with Gasteiger partial charge >= 0.3 is 0 Å². The Kier molecular flexibility index (Phi) is 4.91. The third-order valence-electron chi connectivity index (χ3n) is 5.34. The second kappa shape index (κ2) is 8.03. The first-order valence-corrected chi connectivity index (χ1v) is 10.2. The van der Waals surface area contributed by atoms with Gasteiger partial charge in [-0.3, -0.25) is 14.2 Å². The molecule has 0 aliphatic carbocycles. The van der Waals surface area contributed by atoms with Crippen LogP contribution in [0.25, 0.3) is 16.9 Å². The summed E-state index contributed by atoms with van der Waals surface area (Å²) >= 11 is 0. The molecule has 0 radical (unpaired) electrons. The molecule has 0 spiro atoms. The van der Waals surface area contributed by atoms with Gasteiger partial charge in [0.1, 0.15) is 17.3 Å². The summed E-state index contributed by atoms with van der Waals surface area (Å²) in [6, 6.07) is 19.3. The molecule has 0 bridgehead atoms. The average molecular weight is 423 g/mol. The van der Waals surface area contributed by atoms with Crippen molar-refractivity contribution in [1.29, 1.82) is 0 Å². The quantitative estimate of drug-likeness (QED) is 0.426. The molecule has 2 aromatic carbocycles. The van der Waals surface area contributed by atoms with Crippen LogP contribution in [0.2, 0.25) is 0 Å². The minimum absolute atomic E-state index is 0.452. The molecular weight excluding hydrogens is 402 g/mol. The second-order valence-corrected chi connectivity index (χ2v) is 7.53. The van der Waals surface area contributed by atoms with Crippen LogP contribution >= 0.6 is 0 Å². The highest BCUT2D eigenvalue weighted by Crippen LogP contribution is 2.37. The van der Waals surface area contributed by atoms with Gasteiger partial charge in [0.15, 0.2) is 5.65 Å². The van der Waals surface area contributed by atoms with E-state index in [2.05, 4.69) is 41.1 Å². The van der Waals surface area contributed by atoms with E-state index in [1.54, 1.807) is 30.8 Å². The molecule has 1 amide bonds. The van der Waals surface area contributed by atoms with E-state index in [0.717, 1.165) is 34.2 Å². The number of carbonyl (C=O) groups excluding carboxylic acids is 1. The normalized spacial score (nSPS) is 11.0. The Hall–Kier alpha value is -4.39. The fourth-order valence-electron chi connectivity index (χ4n) is 3.71. The van der Waals surface area contributed by atoms with E-state index in [9.17, 15) is 4.79 Å². The number of amides is 1. The number of rotatable bonds is 6. The number of hydrogen-bond donors (Lipinski definition) is 1. The lowest BCUT2D eigenvalue weighted by molar-refractivity contribution is 0.100. The highest BCUT2D eigenvalue weighted by molar-refractivity contribution is 5.93. The van der Waals surface area contributed by atoms with E-state index < -0.39 is 5.91 Å². The zero-order chi connectivity index (χ0) is 22.1. The third-order valence-corrected chi connectivity index (χ3v) is 5.34. The number of benzene rings is 2. The molecule has 0 saturated heterocycles. The van der Waals surface area contributed by atoms with Gasteiger partial charge in [-0.05, 0) is 43.3 Å². The number of hydrogen-bond acceptors (Lipinski definition) is 5. The standard InChI is InChI=1S/C25H21N5O2/c1-17-4-6-18(7-5-17)23-25(29-13-12-27-15-22(29)28-23)30(16-21-3-2-14-32-21)20-10-8-19(9-11-20)24(26)31/h2-15H,16H2,1H3,(H2,26,31). The molecule has 3 heterocycles. The van der Waals surface area contributed by atoms with Gasteiger partial charge in [-0.2, -0.15) is 0 Å². The number of furan rings is 1. The zero-order valence-corrected chi connectivity index (χ0v) is 17.5. The predicted octanol–water partition coefficient (Wildman–Crippen LogP) is 4.73. The highest BCUT2D eigenvalue weighted by Gasteiger charge is 2.23. The van der Waals surface area contributed by atoms with Gasteiger partial charge in [0.2, 0.25) is 5.91 Å². The zero-order valence-electron chi connectivity index (χ0n) is 17.5. The third kappa shape index (κ3) is 3.60. The predicted molar refractivity (Wildman–Crippen MR) is 123 cm³/mol. The van der Waals surface area contributed by atoms with E-state index in [1.165, 1.54) is 5.56 Å². The van der Waals surface area contributed by atoms with Crippen LogP contribution in [0, 0.1) is 6.92 Å². The van der Waals surface area contributed by atoms with Crippen LogP contribution in [-0.2, 0) is 6.54 Å². The number of aromatic nitrogens is 3. The van der Waals surface area contributed by atoms with Crippen molar-refractivity contribution in [3.8, 4) is 11.3 Å². The van der Waals surface area contributed by atoms with Crippen LogP contribution in [0.4, 0.5) is 11.5 Å². The number of aryl methyl sites for hydroxylation is 1. The van der Waals surface area contributed by atoms with Crippen LogP contribution in [-0.4, -0.2) is 20.3 Å². The lowest BCUT2D eigenvalue weighted by atomic mass is 10.1. The summed E-state index contributed by atoms with van der Waals surface area (Å²) in [5, 5.41) is 0. The van der Waals surface area contributed by atoms with E-state index in [0.29, 0.717) is 12.1 Å². The van der Waals surface area contributed by atoms with E-state index in [1.807, 2.05) is 34.9 Å². The minimum Gasteiger partial charge on any atom is -0.467 e. The molecule has 0 aliphatic heterocycles. The van der Waals surface area contributed by atoms with Gasteiger partial charge in [-0.1, -0.05) is 29.8 Å². The number of carbonyl (C=O) groups is 1. The number of primary amides is 1. The van der Waals surface area contributed by atoms with E-state index >= 15 is 0 Å². The lowest BCUT2D eigenvalue weighted by Crippen LogP contribution is -2.19. The molecule has 3 aromatic heterocycles. The summed E-state index contributed by atoms with van der Waals surface area (Å²) < 4.78 is 7.67. The SMILES string of the molecule is Cc1ccc(-c2nc3cnccn3c2N(Cc2ccco2)c2ccc(C(N)=O)cc2)cc1. The van der Waals surface area contributed by atoms with Gasteiger partial charge in [0.05, 0.1) is 19.0 Å². The maximum Gasteiger partial charge on any atom is 0.248 e. The smallest absolute Gasteiger partial charge is 0.248 e. The Morgan fingerprint density at radius 2 is 1.88 bits per heavy atom. The van der Waals surface area contributed by atoms with Gasteiger partial charge < -0.3 is 15.1 Å². The first-order chi connectivity index (χ1) is 15.6. The molecule has 0 unspecified atom stereocenters. The molecular formula is C25H21N5O2. The topological polar surface area (TPSA) is 89.7 Å². The van der Waals surface area contributed by atoms with Crippen molar-refractivity contribution >= 4 is 23.1 Å².